The Kier molecular flexibility index (Phi) is 3.07. The predicted octanol–water partition coefficient (Wildman–Crippen LogP) is 2.30. The van der Waals surface area contributed by atoms with Crippen LogP contribution in [0.25, 0.3) is 0 Å². The molecule has 0 radical (unpaired) electrons. The molecule has 2 nitrogen and oxygen atoms in total. The maximum Gasteiger partial charge on any atom is 0.224 e. The number of amides is 1. The summed E-state index contributed by atoms with van der Waals surface area (Å²) < 4.78 is 0. The molecule has 0 spiro atoms. The van der Waals surface area contributed by atoms with E-state index in [4.69, 9.17) is 0 Å². The van der Waals surface area contributed by atoms with E-state index >= 15 is 0 Å². The molecule has 1 N–H and O–H groups in total. The summed E-state index contributed by atoms with van der Waals surface area (Å²) in [5, 5.41) is 2.79. The smallest absolute Gasteiger partial charge is 0.224 e. The molecule has 1 rings (SSSR count). The van der Waals surface area contributed by atoms with Crippen LogP contribution < -0.4 is 5.32 Å². The highest BCUT2D eigenvalue weighted by molar-refractivity contribution is 5.81. The van der Waals surface area contributed by atoms with Gasteiger partial charge in [0.25, 0.3) is 0 Å². The predicted molar refractivity (Wildman–Crippen MR) is 54.0 cm³/mol. The number of nitrogens with one attached hydrogen (secondary N) is 1. The summed E-state index contributed by atoms with van der Waals surface area (Å²) in [6.07, 6.45) is 4.11. The van der Waals surface area contributed by atoms with Gasteiger partial charge in [0.05, 0.1) is 0 Å². The lowest BCUT2D eigenvalue weighted by molar-refractivity contribution is -0.120. The second-order valence-electron chi connectivity index (χ2n) is 3.22. The van der Waals surface area contributed by atoms with Crippen molar-refractivity contribution in [2.24, 2.45) is 0 Å². The quantitative estimate of drug-likeness (QED) is 0.689. The third-order valence-electron chi connectivity index (χ3n) is 2.11. The minimum absolute atomic E-state index is 0.0718. The highest BCUT2D eigenvalue weighted by atomic mass is 16.1. The lowest BCUT2D eigenvalue weighted by Crippen LogP contribution is -2.28. The molecule has 2 heteroatoms. The number of rotatable bonds is 2. The van der Waals surface area contributed by atoms with Crippen molar-refractivity contribution in [1.82, 2.24) is 5.32 Å². The monoisotopic (exact) mass is 177 g/mol. The molecule has 0 aromatic heterocycles. The molecule has 1 aliphatic rings. The van der Waals surface area contributed by atoms with Crippen molar-refractivity contribution in [3.8, 4) is 0 Å². The fourth-order valence-corrected chi connectivity index (χ4v) is 1.14. The molecule has 0 saturated carbocycles. The number of carbonyl (C=O) groups excluding carboxylic acids is 1. The number of hydrogen-bond donors (Lipinski definition) is 1. The molecular weight excluding hydrogens is 162 g/mol. The second-order valence-corrected chi connectivity index (χ2v) is 3.22. The third-order valence-corrected chi connectivity index (χ3v) is 2.11. The molecule has 0 aromatic carbocycles. The molecule has 0 unspecified atom stereocenters. The first-order chi connectivity index (χ1) is 6.13. The molecule has 1 aliphatic heterocycles. The minimum Gasteiger partial charge on any atom is -0.326 e. The topological polar surface area (TPSA) is 29.1 Å². The van der Waals surface area contributed by atoms with E-state index in [9.17, 15) is 4.79 Å². The molecular formula is C11H15NO. The van der Waals surface area contributed by atoms with Crippen molar-refractivity contribution in [2.45, 2.75) is 26.2 Å². The van der Waals surface area contributed by atoms with Gasteiger partial charge in [0.2, 0.25) is 5.91 Å². The lowest BCUT2D eigenvalue weighted by Gasteiger charge is -2.18. The summed E-state index contributed by atoms with van der Waals surface area (Å²) in [6, 6.07) is 0. The summed E-state index contributed by atoms with van der Waals surface area (Å²) in [7, 11) is 0. The maximum absolute atomic E-state index is 11.1. The average molecular weight is 177 g/mol. The molecule has 0 atom stereocenters. The van der Waals surface area contributed by atoms with Crippen molar-refractivity contribution < 1.29 is 4.79 Å². The Morgan fingerprint density at radius 3 is 2.92 bits per heavy atom. The zero-order valence-electron chi connectivity index (χ0n) is 8.02. The maximum atomic E-state index is 11.1. The van der Waals surface area contributed by atoms with Gasteiger partial charge in [0.15, 0.2) is 0 Å². The molecule has 0 bridgehead atoms. The molecule has 1 heterocycles. The van der Waals surface area contributed by atoms with Gasteiger partial charge >= 0.3 is 0 Å². The zero-order valence-corrected chi connectivity index (χ0v) is 8.02. The molecule has 1 fully saturated rings. The Labute approximate surface area is 79.0 Å². The summed E-state index contributed by atoms with van der Waals surface area (Å²) >= 11 is 0. The van der Waals surface area contributed by atoms with Crippen LogP contribution in [0, 0.1) is 0 Å². The lowest BCUT2D eigenvalue weighted by atomic mass is 10.0. The van der Waals surface area contributed by atoms with Gasteiger partial charge in [-0.3, -0.25) is 4.79 Å². The van der Waals surface area contributed by atoms with Crippen LogP contribution in [0.5, 0.6) is 0 Å². The van der Waals surface area contributed by atoms with Crippen LogP contribution in [0.3, 0.4) is 0 Å². The Morgan fingerprint density at radius 2 is 2.31 bits per heavy atom. The van der Waals surface area contributed by atoms with E-state index in [-0.39, 0.29) is 5.91 Å². The van der Waals surface area contributed by atoms with E-state index in [1.54, 1.807) is 0 Å². The molecule has 0 aromatic rings. The van der Waals surface area contributed by atoms with E-state index in [0.29, 0.717) is 6.42 Å². The highest BCUT2D eigenvalue weighted by Gasteiger charge is 2.14. The average Bonchev–Trinajstić information content (AvgIpc) is 2.11. The Hall–Kier alpha value is -1.31. The van der Waals surface area contributed by atoms with Crippen LogP contribution >= 0.6 is 0 Å². The van der Waals surface area contributed by atoms with E-state index < -0.39 is 0 Å². The van der Waals surface area contributed by atoms with E-state index in [1.165, 1.54) is 0 Å². The van der Waals surface area contributed by atoms with E-state index in [2.05, 4.69) is 18.5 Å². The van der Waals surface area contributed by atoms with Crippen molar-refractivity contribution in [1.29, 1.82) is 0 Å². The normalized spacial score (nSPS) is 20.2. The summed E-state index contributed by atoms with van der Waals surface area (Å²) in [6.45, 7) is 9.79. The molecule has 70 valence electrons. The standard InChI is InChI=1S/C11H15NO/c1-4-8(2)7-10-9(3)5-6-11(13)12-10/h7H,2-6H2,1H3,(H,12,13)/b10-7+. The van der Waals surface area contributed by atoms with Crippen LogP contribution in [-0.2, 0) is 4.79 Å². The summed E-state index contributed by atoms with van der Waals surface area (Å²) in [5.41, 5.74) is 2.84. The van der Waals surface area contributed by atoms with Gasteiger partial charge in [-0.2, -0.15) is 0 Å². The Morgan fingerprint density at radius 1 is 1.62 bits per heavy atom. The van der Waals surface area contributed by atoms with Gasteiger partial charge in [-0.1, -0.05) is 25.7 Å². The Bertz CT molecular complexity index is 286. The van der Waals surface area contributed by atoms with E-state index in [1.807, 2.05) is 13.0 Å². The molecule has 1 amide bonds. The largest absolute Gasteiger partial charge is 0.326 e. The fourth-order valence-electron chi connectivity index (χ4n) is 1.14. The van der Waals surface area contributed by atoms with Crippen molar-refractivity contribution in [3.63, 3.8) is 0 Å². The molecule has 13 heavy (non-hydrogen) atoms. The van der Waals surface area contributed by atoms with Crippen molar-refractivity contribution in [2.75, 3.05) is 0 Å². The van der Waals surface area contributed by atoms with Crippen LogP contribution in [0.2, 0.25) is 0 Å². The molecule has 1 saturated heterocycles. The molecule has 0 aliphatic carbocycles. The van der Waals surface area contributed by atoms with Crippen LogP contribution in [0.1, 0.15) is 26.2 Å². The summed E-state index contributed by atoms with van der Waals surface area (Å²) in [4.78, 5) is 11.1. The minimum atomic E-state index is 0.0718. The van der Waals surface area contributed by atoms with Gasteiger partial charge in [-0.15, -0.1) is 0 Å². The first-order valence-electron chi connectivity index (χ1n) is 4.51. The zero-order chi connectivity index (χ0) is 9.84. The number of carbonyl (C=O) groups is 1. The van der Waals surface area contributed by atoms with Gasteiger partial charge in [-0.05, 0) is 24.5 Å². The first kappa shape index (κ1) is 9.78. The summed E-state index contributed by atoms with van der Waals surface area (Å²) in [5.74, 6) is 0.0718. The van der Waals surface area contributed by atoms with E-state index in [0.717, 1.165) is 29.7 Å². The first-order valence-corrected chi connectivity index (χ1v) is 4.51. The SMILES string of the molecule is C=C(/C=C1/NC(=O)CCC1=C)CC. The van der Waals surface area contributed by atoms with Crippen LogP contribution in [-0.4, -0.2) is 5.91 Å². The van der Waals surface area contributed by atoms with Gasteiger partial charge in [0.1, 0.15) is 0 Å². The number of piperidine rings is 1. The third kappa shape index (κ3) is 2.58. The highest BCUT2D eigenvalue weighted by Crippen LogP contribution is 2.18. The van der Waals surface area contributed by atoms with Gasteiger partial charge < -0.3 is 5.32 Å². The number of hydrogen-bond acceptors (Lipinski definition) is 1. The van der Waals surface area contributed by atoms with Crippen molar-refractivity contribution >= 4 is 5.91 Å². The van der Waals surface area contributed by atoms with Crippen LogP contribution in [0.15, 0.2) is 36.1 Å². The van der Waals surface area contributed by atoms with Gasteiger partial charge in [0, 0.05) is 12.1 Å². The second kappa shape index (κ2) is 4.08. The van der Waals surface area contributed by atoms with Crippen molar-refractivity contribution in [3.05, 3.63) is 36.1 Å². The van der Waals surface area contributed by atoms with Crippen LogP contribution in [0.4, 0.5) is 0 Å². The van der Waals surface area contributed by atoms with Gasteiger partial charge in [-0.25, -0.2) is 0 Å². The Balaban J connectivity index is 2.76. The number of allylic oxidation sites excluding steroid dienone is 3. The fraction of sp³-hybridized carbons (Fsp3) is 0.364.